The number of nitrogens with zero attached hydrogens (tertiary/aromatic N) is 5. The molecule has 0 saturated heterocycles. The number of aromatic nitrogens is 5. The van der Waals surface area contributed by atoms with E-state index in [4.69, 9.17) is 5.11 Å². The highest BCUT2D eigenvalue weighted by atomic mass is 16.4. The van der Waals surface area contributed by atoms with Crippen LogP contribution in [0.5, 0.6) is 0 Å². The highest BCUT2D eigenvalue weighted by Gasteiger charge is 2.19. The Hall–Kier alpha value is -3.49. The Morgan fingerprint density at radius 2 is 2.00 bits per heavy atom. The number of rotatable bonds is 6. The zero-order valence-electron chi connectivity index (χ0n) is 14.3. The first-order valence-corrected chi connectivity index (χ1v) is 7.97. The summed E-state index contributed by atoms with van der Waals surface area (Å²) in [6.07, 6.45) is 2.99. The van der Waals surface area contributed by atoms with Gasteiger partial charge in [-0.2, -0.15) is 5.10 Å². The van der Waals surface area contributed by atoms with E-state index in [0.717, 1.165) is 11.1 Å². The van der Waals surface area contributed by atoms with Crippen LogP contribution in [0.3, 0.4) is 0 Å². The van der Waals surface area contributed by atoms with Gasteiger partial charge < -0.3 is 5.11 Å². The lowest BCUT2D eigenvalue weighted by molar-refractivity contribution is -0.119. The van der Waals surface area contributed by atoms with E-state index in [2.05, 4.69) is 20.5 Å². The number of anilines is 1. The van der Waals surface area contributed by atoms with Crippen LogP contribution in [0.1, 0.15) is 34.6 Å². The summed E-state index contributed by atoms with van der Waals surface area (Å²) >= 11 is 0. The Kier molecular flexibility index (Phi) is 4.78. The largest absolute Gasteiger partial charge is 0.476 e. The number of hydrogen-bond acceptors (Lipinski definition) is 5. The standard InChI is InChI=1S/C17H18N6O3/c1-11-5-3-4-6-13(11)9-22-10-18-17(21-22)19-15(24)12(2)23-8-7-14(20-23)16(25)26/h3-8,10,12H,9H2,1-2H3,(H,25,26)(H,19,21,24). The maximum atomic E-state index is 12.3. The van der Waals surface area contributed by atoms with E-state index in [0.29, 0.717) is 6.54 Å². The van der Waals surface area contributed by atoms with Crippen LogP contribution in [0.15, 0.2) is 42.9 Å². The first kappa shape index (κ1) is 17.3. The van der Waals surface area contributed by atoms with E-state index < -0.39 is 17.9 Å². The van der Waals surface area contributed by atoms with Crippen LogP contribution in [-0.2, 0) is 11.3 Å². The Labute approximate surface area is 149 Å². The number of carbonyl (C=O) groups is 2. The van der Waals surface area contributed by atoms with E-state index in [1.54, 1.807) is 17.9 Å². The van der Waals surface area contributed by atoms with Crippen molar-refractivity contribution in [1.82, 2.24) is 24.5 Å². The van der Waals surface area contributed by atoms with Crippen molar-refractivity contribution in [3.8, 4) is 0 Å². The maximum absolute atomic E-state index is 12.3. The molecule has 0 bridgehead atoms. The maximum Gasteiger partial charge on any atom is 0.356 e. The number of carbonyl (C=O) groups excluding carboxylic acids is 1. The van der Waals surface area contributed by atoms with Crippen LogP contribution in [0.2, 0.25) is 0 Å². The average molecular weight is 354 g/mol. The molecule has 2 aromatic heterocycles. The molecule has 2 N–H and O–H groups in total. The van der Waals surface area contributed by atoms with Crippen molar-refractivity contribution in [3.63, 3.8) is 0 Å². The minimum atomic E-state index is -1.15. The van der Waals surface area contributed by atoms with E-state index in [-0.39, 0.29) is 11.6 Å². The molecular weight excluding hydrogens is 336 g/mol. The van der Waals surface area contributed by atoms with Crippen molar-refractivity contribution >= 4 is 17.8 Å². The lowest BCUT2D eigenvalue weighted by atomic mass is 10.1. The number of aromatic carboxylic acids is 1. The molecule has 1 unspecified atom stereocenters. The number of aryl methyl sites for hydroxylation is 1. The summed E-state index contributed by atoms with van der Waals surface area (Å²) in [6, 6.07) is 8.59. The zero-order valence-corrected chi connectivity index (χ0v) is 14.3. The van der Waals surface area contributed by atoms with Crippen LogP contribution in [0, 0.1) is 6.92 Å². The summed E-state index contributed by atoms with van der Waals surface area (Å²) in [5.41, 5.74) is 2.14. The third-order valence-electron chi connectivity index (χ3n) is 3.97. The number of benzene rings is 1. The van der Waals surface area contributed by atoms with E-state index >= 15 is 0 Å². The first-order chi connectivity index (χ1) is 12.4. The van der Waals surface area contributed by atoms with Gasteiger partial charge in [-0.15, -0.1) is 5.10 Å². The molecular formula is C17H18N6O3. The molecule has 134 valence electrons. The van der Waals surface area contributed by atoms with Gasteiger partial charge in [0.2, 0.25) is 5.95 Å². The quantitative estimate of drug-likeness (QED) is 0.696. The lowest BCUT2D eigenvalue weighted by Crippen LogP contribution is -2.25. The van der Waals surface area contributed by atoms with Gasteiger partial charge >= 0.3 is 5.97 Å². The number of amides is 1. The highest BCUT2D eigenvalue weighted by molar-refractivity contribution is 5.92. The molecule has 2 heterocycles. The van der Waals surface area contributed by atoms with E-state index in [1.165, 1.54) is 16.9 Å². The summed E-state index contributed by atoms with van der Waals surface area (Å²) < 4.78 is 2.92. The molecule has 9 heteroatoms. The molecule has 9 nitrogen and oxygen atoms in total. The summed E-state index contributed by atoms with van der Waals surface area (Å²) in [6.45, 7) is 4.18. The molecule has 3 aromatic rings. The average Bonchev–Trinajstić information content (AvgIpc) is 3.26. The lowest BCUT2D eigenvalue weighted by Gasteiger charge is -2.10. The molecule has 0 aliphatic heterocycles. The van der Waals surface area contributed by atoms with Gasteiger partial charge in [0.15, 0.2) is 5.69 Å². The van der Waals surface area contributed by atoms with Crippen molar-refractivity contribution in [1.29, 1.82) is 0 Å². The third-order valence-corrected chi connectivity index (χ3v) is 3.97. The van der Waals surface area contributed by atoms with Crippen molar-refractivity contribution in [2.75, 3.05) is 5.32 Å². The Bertz CT molecular complexity index is 945. The third kappa shape index (κ3) is 3.77. The van der Waals surface area contributed by atoms with Gasteiger partial charge in [0.05, 0.1) is 6.54 Å². The fraction of sp³-hybridized carbons (Fsp3) is 0.235. The second-order valence-corrected chi connectivity index (χ2v) is 5.84. The van der Waals surface area contributed by atoms with Gasteiger partial charge in [-0.05, 0) is 31.0 Å². The van der Waals surface area contributed by atoms with Gasteiger partial charge in [0, 0.05) is 6.20 Å². The Morgan fingerprint density at radius 3 is 2.69 bits per heavy atom. The number of hydrogen-bond donors (Lipinski definition) is 2. The van der Waals surface area contributed by atoms with Crippen LogP contribution in [0.25, 0.3) is 0 Å². The predicted molar refractivity (Wildman–Crippen MR) is 92.8 cm³/mol. The molecule has 26 heavy (non-hydrogen) atoms. The summed E-state index contributed by atoms with van der Waals surface area (Å²) in [4.78, 5) is 27.3. The molecule has 0 saturated carbocycles. The van der Waals surface area contributed by atoms with Gasteiger partial charge in [0.1, 0.15) is 12.4 Å². The molecule has 3 rings (SSSR count). The monoisotopic (exact) mass is 354 g/mol. The van der Waals surface area contributed by atoms with Crippen molar-refractivity contribution in [2.45, 2.75) is 26.4 Å². The minimum Gasteiger partial charge on any atom is -0.476 e. The summed E-state index contributed by atoms with van der Waals surface area (Å²) in [5, 5.41) is 19.6. The Morgan fingerprint density at radius 1 is 1.23 bits per heavy atom. The molecule has 0 aliphatic rings. The van der Waals surface area contributed by atoms with Gasteiger partial charge in [-0.25, -0.2) is 14.5 Å². The van der Waals surface area contributed by atoms with Crippen molar-refractivity contribution < 1.29 is 14.7 Å². The summed E-state index contributed by atoms with van der Waals surface area (Å²) in [5.74, 6) is -1.35. The SMILES string of the molecule is Cc1ccccc1Cn1cnc(NC(=O)C(C)n2ccc(C(=O)O)n2)n1. The molecule has 1 aromatic carbocycles. The second kappa shape index (κ2) is 7.18. The number of carboxylic acid groups (broad SMARTS) is 1. The van der Waals surface area contributed by atoms with Gasteiger partial charge in [-0.1, -0.05) is 24.3 Å². The van der Waals surface area contributed by atoms with Gasteiger partial charge in [-0.3, -0.25) is 14.8 Å². The summed E-state index contributed by atoms with van der Waals surface area (Å²) in [7, 11) is 0. The molecule has 0 spiro atoms. The normalized spacial score (nSPS) is 11.9. The van der Waals surface area contributed by atoms with Gasteiger partial charge in [0.25, 0.3) is 5.91 Å². The minimum absolute atomic E-state index is 0.120. The van der Waals surface area contributed by atoms with Crippen molar-refractivity contribution in [3.05, 3.63) is 59.7 Å². The van der Waals surface area contributed by atoms with Crippen LogP contribution >= 0.6 is 0 Å². The first-order valence-electron chi connectivity index (χ1n) is 7.97. The van der Waals surface area contributed by atoms with Crippen molar-refractivity contribution in [2.24, 2.45) is 0 Å². The van der Waals surface area contributed by atoms with Crippen LogP contribution < -0.4 is 5.32 Å². The molecule has 0 radical (unpaired) electrons. The van der Waals surface area contributed by atoms with Crippen LogP contribution in [0.4, 0.5) is 5.95 Å². The molecule has 1 amide bonds. The fourth-order valence-electron chi connectivity index (χ4n) is 2.39. The van der Waals surface area contributed by atoms with E-state index in [9.17, 15) is 9.59 Å². The fourth-order valence-corrected chi connectivity index (χ4v) is 2.39. The predicted octanol–water partition coefficient (Wildman–Crippen LogP) is 1.73. The molecule has 0 aliphatic carbocycles. The second-order valence-electron chi connectivity index (χ2n) is 5.84. The molecule has 1 atom stereocenters. The zero-order chi connectivity index (χ0) is 18.7. The smallest absolute Gasteiger partial charge is 0.356 e. The number of carboxylic acids is 1. The van der Waals surface area contributed by atoms with E-state index in [1.807, 2.05) is 31.2 Å². The Balaban J connectivity index is 1.65. The highest BCUT2D eigenvalue weighted by Crippen LogP contribution is 2.11. The topological polar surface area (TPSA) is 115 Å². The number of nitrogens with one attached hydrogen (secondary N) is 1. The molecule has 0 fully saturated rings. The van der Waals surface area contributed by atoms with Crippen LogP contribution in [-0.4, -0.2) is 41.5 Å².